The van der Waals surface area contributed by atoms with Crippen LogP contribution in [0.2, 0.25) is 0 Å². The monoisotopic (exact) mass is 487 g/mol. The second kappa shape index (κ2) is 11.0. The number of aliphatic hydroxyl groups is 1. The van der Waals surface area contributed by atoms with Gasteiger partial charge in [0.1, 0.15) is 11.5 Å². The highest BCUT2D eigenvalue weighted by Crippen LogP contribution is 2.42. The highest BCUT2D eigenvalue weighted by molar-refractivity contribution is 6.46. The third-order valence-electron chi connectivity index (χ3n) is 6.06. The normalized spacial score (nSPS) is 16.8. The zero-order valence-corrected chi connectivity index (χ0v) is 20.6. The van der Waals surface area contributed by atoms with Crippen LogP contribution in [0.3, 0.4) is 0 Å². The molecule has 3 aromatic rings. The maximum Gasteiger partial charge on any atom is 0.295 e. The molecule has 1 fully saturated rings. The molecule has 1 heterocycles. The first-order chi connectivity index (χ1) is 17.5. The Morgan fingerprint density at radius 3 is 2.25 bits per heavy atom. The van der Waals surface area contributed by atoms with Crippen molar-refractivity contribution in [3.63, 3.8) is 0 Å². The number of amides is 1. The van der Waals surface area contributed by atoms with Crippen molar-refractivity contribution in [3.8, 4) is 17.2 Å². The number of aliphatic hydroxyl groups excluding tert-OH is 1. The third-order valence-corrected chi connectivity index (χ3v) is 6.06. The van der Waals surface area contributed by atoms with Crippen molar-refractivity contribution in [3.05, 3.63) is 95.1 Å². The zero-order valence-electron chi connectivity index (χ0n) is 20.6. The second-order valence-corrected chi connectivity index (χ2v) is 8.40. The van der Waals surface area contributed by atoms with Gasteiger partial charge in [-0.3, -0.25) is 9.59 Å². The van der Waals surface area contributed by atoms with Crippen LogP contribution in [0.25, 0.3) is 5.76 Å². The molecule has 4 rings (SSSR count). The molecule has 1 N–H and O–H groups in total. The molecule has 3 aromatic carbocycles. The Morgan fingerprint density at radius 2 is 1.61 bits per heavy atom. The third kappa shape index (κ3) is 4.91. The number of rotatable bonds is 9. The molecular formula is C29H29NO6. The summed E-state index contributed by atoms with van der Waals surface area (Å²) in [5.74, 6) is -0.0284. The van der Waals surface area contributed by atoms with Crippen LogP contribution >= 0.6 is 0 Å². The van der Waals surface area contributed by atoms with Crippen LogP contribution in [0.4, 0.5) is 0 Å². The van der Waals surface area contributed by atoms with Gasteiger partial charge in [0.25, 0.3) is 11.7 Å². The lowest BCUT2D eigenvalue weighted by atomic mass is 9.94. The molecule has 0 bridgehead atoms. The zero-order chi connectivity index (χ0) is 25.7. The van der Waals surface area contributed by atoms with Crippen molar-refractivity contribution in [1.82, 2.24) is 4.90 Å². The average Bonchev–Trinajstić information content (AvgIpc) is 3.16. The number of methoxy groups -OCH3 is 2. The van der Waals surface area contributed by atoms with Crippen molar-refractivity contribution in [2.24, 2.45) is 0 Å². The Labute approximate surface area is 210 Å². The van der Waals surface area contributed by atoms with E-state index in [9.17, 15) is 14.7 Å². The predicted molar refractivity (Wildman–Crippen MR) is 136 cm³/mol. The van der Waals surface area contributed by atoms with Gasteiger partial charge in [0.2, 0.25) is 0 Å². The van der Waals surface area contributed by atoms with Gasteiger partial charge in [-0.25, -0.2) is 0 Å². The first kappa shape index (κ1) is 24.9. The molecule has 0 spiro atoms. The van der Waals surface area contributed by atoms with Crippen molar-refractivity contribution in [2.75, 3.05) is 20.8 Å². The average molecular weight is 488 g/mol. The lowest BCUT2D eigenvalue weighted by Gasteiger charge is -2.26. The van der Waals surface area contributed by atoms with Gasteiger partial charge in [-0.15, -0.1) is 0 Å². The second-order valence-electron chi connectivity index (χ2n) is 8.40. The summed E-state index contributed by atoms with van der Waals surface area (Å²) in [6, 6.07) is 20.6. The van der Waals surface area contributed by atoms with E-state index in [1.807, 2.05) is 37.3 Å². The van der Waals surface area contributed by atoms with E-state index in [0.29, 0.717) is 35.0 Å². The fourth-order valence-electron chi connectivity index (χ4n) is 4.28. The van der Waals surface area contributed by atoms with Crippen molar-refractivity contribution >= 4 is 17.4 Å². The minimum absolute atomic E-state index is 0.0189. The quantitative estimate of drug-likeness (QED) is 0.256. The summed E-state index contributed by atoms with van der Waals surface area (Å²) in [5, 5.41) is 11.3. The highest BCUT2D eigenvalue weighted by atomic mass is 16.5. The van der Waals surface area contributed by atoms with Gasteiger partial charge in [0.05, 0.1) is 32.4 Å². The Hall–Kier alpha value is -4.26. The van der Waals surface area contributed by atoms with Gasteiger partial charge < -0.3 is 24.2 Å². The number of hydrogen-bond acceptors (Lipinski definition) is 6. The maximum absolute atomic E-state index is 13.3. The number of ketones is 1. The van der Waals surface area contributed by atoms with Gasteiger partial charge in [-0.05, 0) is 53.9 Å². The van der Waals surface area contributed by atoms with Crippen LogP contribution in [0.15, 0.2) is 78.4 Å². The molecule has 7 heteroatoms. The summed E-state index contributed by atoms with van der Waals surface area (Å²) in [6.07, 6.45) is 0.873. The number of Topliss-reactive ketones (excluding diaryl/α,β-unsaturated/α-hetero) is 1. The number of likely N-dealkylation sites (tertiary alicyclic amines) is 1. The first-order valence-electron chi connectivity index (χ1n) is 11.8. The van der Waals surface area contributed by atoms with Gasteiger partial charge >= 0.3 is 0 Å². The fraction of sp³-hybridized carbons (Fsp3) is 0.241. The van der Waals surface area contributed by atoms with E-state index in [4.69, 9.17) is 14.2 Å². The standard InChI is InChI=1S/C29H29NO6/c1-4-16-36-22-13-10-20(11-14-22)27(31)25-26(21-12-15-23(34-2)24(17-21)35-3)30(29(33)28(25)32)18-19-8-6-5-7-9-19/h5-15,17,26,31H,4,16,18H2,1-3H3. The molecule has 1 unspecified atom stereocenters. The van der Waals surface area contributed by atoms with E-state index >= 15 is 0 Å². The van der Waals surface area contributed by atoms with E-state index < -0.39 is 17.7 Å². The summed E-state index contributed by atoms with van der Waals surface area (Å²) in [7, 11) is 3.05. The summed E-state index contributed by atoms with van der Waals surface area (Å²) < 4.78 is 16.4. The van der Waals surface area contributed by atoms with E-state index in [-0.39, 0.29) is 17.9 Å². The van der Waals surface area contributed by atoms with Crippen LogP contribution in [-0.2, 0) is 16.1 Å². The molecule has 0 aliphatic carbocycles. The molecule has 1 atom stereocenters. The summed E-state index contributed by atoms with van der Waals surface area (Å²) >= 11 is 0. The van der Waals surface area contributed by atoms with Crippen LogP contribution in [0.5, 0.6) is 17.2 Å². The number of nitrogens with zero attached hydrogens (tertiary/aromatic N) is 1. The van der Waals surface area contributed by atoms with E-state index in [1.165, 1.54) is 19.1 Å². The predicted octanol–water partition coefficient (Wildman–Crippen LogP) is 5.11. The summed E-state index contributed by atoms with van der Waals surface area (Å²) in [4.78, 5) is 28.0. The molecule has 1 amide bonds. The molecule has 36 heavy (non-hydrogen) atoms. The first-order valence-corrected chi connectivity index (χ1v) is 11.8. The molecular weight excluding hydrogens is 458 g/mol. The smallest absolute Gasteiger partial charge is 0.295 e. The van der Waals surface area contributed by atoms with Crippen molar-refractivity contribution < 1.29 is 28.9 Å². The van der Waals surface area contributed by atoms with E-state index in [1.54, 1.807) is 42.5 Å². The molecule has 1 aliphatic heterocycles. The van der Waals surface area contributed by atoms with Crippen LogP contribution in [-0.4, -0.2) is 42.5 Å². The molecule has 0 saturated carbocycles. The summed E-state index contributed by atoms with van der Waals surface area (Å²) in [6.45, 7) is 2.79. The number of hydrogen-bond donors (Lipinski definition) is 1. The van der Waals surface area contributed by atoms with E-state index in [2.05, 4.69) is 0 Å². The Kier molecular flexibility index (Phi) is 7.59. The van der Waals surface area contributed by atoms with Crippen molar-refractivity contribution in [1.29, 1.82) is 0 Å². The van der Waals surface area contributed by atoms with Gasteiger partial charge in [0, 0.05) is 12.1 Å². The minimum Gasteiger partial charge on any atom is -0.507 e. The lowest BCUT2D eigenvalue weighted by molar-refractivity contribution is -0.140. The summed E-state index contributed by atoms with van der Waals surface area (Å²) in [5.41, 5.74) is 1.92. The van der Waals surface area contributed by atoms with Gasteiger partial charge in [-0.1, -0.05) is 43.3 Å². The van der Waals surface area contributed by atoms with Crippen LogP contribution in [0, 0.1) is 0 Å². The number of carbonyl (C=O) groups excluding carboxylic acids is 2. The number of carbonyl (C=O) groups is 2. The minimum atomic E-state index is -0.818. The molecule has 1 aliphatic rings. The number of ether oxygens (including phenoxy) is 3. The Morgan fingerprint density at radius 1 is 0.917 bits per heavy atom. The highest BCUT2D eigenvalue weighted by Gasteiger charge is 2.46. The Bertz CT molecular complexity index is 1270. The van der Waals surface area contributed by atoms with Crippen LogP contribution in [0.1, 0.15) is 36.1 Å². The molecule has 0 aromatic heterocycles. The number of benzene rings is 3. The SMILES string of the molecule is CCCOc1ccc(C(O)=C2C(=O)C(=O)N(Cc3ccccc3)C2c2ccc(OC)c(OC)c2)cc1. The fourth-order valence-corrected chi connectivity index (χ4v) is 4.28. The topological polar surface area (TPSA) is 85.3 Å². The van der Waals surface area contributed by atoms with Gasteiger partial charge in [-0.2, -0.15) is 0 Å². The Balaban J connectivity index is 1.82. The maximum atomic E-state index is 13.3. The molecule has 7 nitrogen and oxygen atoms in total. The van der Waals surface area contributed by atoms with Crippen LogP contribution < -0.4 is 14.2 Å². The largest absolute Gasteiger partial charge is 0.507 e. The van der Waals surface area contributed by atoms with Gasteiger partial charge in [0.15, 0.2) is 11.5 Å². The lowest BCUT2D eigenvalue weighted by Crippen LogP contribution is -2.29. The van der Waals surface area contributed by atoms with Crippen molar-refractivity contribution in [2.45, 2.75) is 25.9 Å². The molecule has 0 radical (unpaired) electrons. The molecule has 186 valence electrons. The van der Waals surface area contributed by atoms with E-state index in [0.717, 1.165) is 12.0 Å². The molecule has 1 saturated heterocycles.